The molecule has 3 nitrogen and oxygen atoms in total. The first kappa shape index (κ1) is 31.7. The standard InChI is InChI=1S/C38H52FN3/c1-6-11-24-40(25-12-7-2)34-22-21-32-28-31(18-20-33(32)29-34)19-23-35-36-16-13-14-17-38(36)41(30-37(35)39)26-15-27-42(8-3,9-4)10-5/h13-14,16-23,28-30H,6-12,15,24-27H2,1-5H3/q+2. The third-order valence-electron chi connectivity index (χ3n) is 9.29. The van der Waals surface area contributed by atoms with Crippen molar-refractivity contribution in [2.45, 2.75) is 73.3 Å². The zero-order valence-corrected chi connectivity index (χ0v) is 26.7. The lowest BCUT2D eigenvalue weighted by Gasteiger charge is -2.35. The van der Waals surface area contributed by atoms with E-state index in [-0.39, 0.29) is 5.82 Å². The summed E-state index contributed by atoms with van der Waals surface area (Å²) in [5.74, 6) is -0.170. The fourth-order valence-electron chi connectivity index (χ4n) is 6.23. The summed E-state index contributed by atoms with van der Waals surface area (Å²) >= 11 is 0. The van der Waals surface area contributed by atoms with Gasteiger partial charge in [-0.3, -0.25) is 0 Å². The van der Waals surface area contributed by atoms with E-state index in [9.17, 15) is 0 Å². The topological polar surface area (TPSA) is 7.12 Å². The number of quaternary nitrogens is 1. The van der Waals surface area contributed by atoms with Gasteiger partial charge in [-0.25, -0.2) is 0 Å². The molecule has 0 radical (unpaired) electrons. The maximum absolute atomic E-state index is 15.6. The predicted molar refractivity (Wildman–Crippen MR) is 180 cm³/mol. The van der Waals surface area contributed by atoms with Crippen molar-refractivity contribution in [3.8, 4) is 0 Å². The molecule has 0 N–H and O–H groups in total. The molecule has 0 saturated heterocycles. The van der Waals surface area contributed by atoms with E-state index in [0.29, 0.717) is 5.56 Å². The highest BCUT2D eigenvalue weighted by atomic mass is 19.1. The van der Waals surface area contributed by atoms with Crippen LogP contribution >= 0.6 is 0 Å². The molecule has 42 heavy (non-hydrogen) atoms. The number of halogens is 1. The van der Waals surface area contributed by atoms with Crippen molar-refractivity contribution < 1.29 is 13.4 Å². The minimum atomic E-state index is -0.170. The molecular weight excluding hydrogens is 517 g/mol. The SMILES string of the molecule is CCCCN(CCCC)c1ccc2cc(C=Cc3c(F)c[n+](CCC[N+](CC)(CC)CC)c4ccccc34)ccc2c1. The van der Waals surface area contributed by atoms with Crippen LogP contribution in [0.3, 0.4) is 0 Å². The van der Waals surface area contributed by atoms with Gasteiger partial charge >= 0.3 is 0 Å². The number of hydrogen-bond donors (Lipinski definition) is 0. The predicted octanol–water partition coefficient (Wildman–Crippen LogP) is 9.26. The molecule has 224 valence electrons. The van der Waals surface area contributed by atoms with Crippen molar-refractivity contribution in [1.29, 1.82) is 0 Å². The Morgan fingerprint density at radius 2 is 1.43 bits per heavy atom. The summed E-state index contributed by atoms with van der Waals surface area (Å²) in [5, 5.41) is 3.42. The Morgan fingerprint density at radius 3 is 2.12 bits per heavy atom. The first-order chi connectivity index (χ1) is 20.5. The maximum Gasteiger partial charge on any atom is 0.213 e. The summed E-state index contributed by atoms with van der Waals surface area (Å²) in [7, 11) is 0. The number of aryl methyl sites for hydroxylation is 1. The van der Waals surface area contributed by atoms with Crippen LogP contribution in [0.2, 0.25) is 0 Å². The number of pyridine rings is 1. The lowest BCUT2D eigenvalue weighted by Crippen LogP contribution is -2.49. The highest BCUT2D eigenvalue weighted by Crippen LogP contribution is 2.26. The second kappa shape index (κ2) is 15.3. The number of aromatic nitrogens is 1. The Balaban J connectivity index is 1.56. The molecule has 4 aromatic rings. The number of unbranched alkanes of at least 4 members (excludes halogenated alkanes) is 2. The van der Waals surface area contributed by atoms with E-state index in [0.717, 1.165) is 73.2 Å². The van der Waals surface area contributed by atoms with Gasteiger partial charge in [-0.15, -0.1) is 0 Å². The summed E-state index contributed by atoms with van der Waals surface area (Å²) in [6, 6.07) is 21.6. The molecular formula is C38H52FN3+2. The molecule has 1 aromatic heterocycles. The van der Waals surface area contributed by atoms with E-state index in [1.54, 1.807) is 6.20 Å². The van der Waals surface area contributed by atoms with Gasteiger partial charge in [0, 0.05) is 30.4 Å². The van der Waals surface area contributed by atoms with E-state index in [1.807, 2.05) is 24.3 Å². The number of rotatable bonds is 16. The number of para-hydroxylation sites is 1. The molecule has 0 unspecified atom stereocenters. The smallest absolute Gasteiger partial charge is 0.213 e. The summed E-state index contributed by atoms with van der Waals surface area (Å²) in [5.41, 5.74) is 4.13. The van der Waals surface area contributed by atoms with Crippen molar-refractivity contribution in [3.63, 3.8) is 0 Å². The molecule has 0 aliphatic carbocycles. The Kier molecular flexibility index (Phi) is 11.5. The van der Waals surface area contributed by atoms with Crippen LogP contribution in [-0.4, -0.2) is 43.8 Å². The molecule has 4 rings (SSSR count). The van der Waals surface area contributed by atoms with E-state index < -0.39 is 0 Å². The van der Waals surface area contributed by atoms with Gasteiger partial charge in [-0.05, 0) is 74.2 Å². The Morgan fingerprint density at radius 1 is 0.762 bits per heavy atom. The molecule has 0 fully saturated rings. The Hall–Kier alpha value is -3.24. The second-order valence-electron chi connectivity index (χ2n) is 11.8. The van der Waals surface area contributed by atoms with E-state index in [2.05, 4.69) is 92.6 Å². The van der Waals surface area contributed by atoms with E-state index in [1.165, 1.54) is 42.1 Å². The zero-order valence-electron chi connectivity index (χ0n) is 26.7. The van der Waals surface area contributed by atoms with Gasteiger partial charge in [-0.2, -0.15) is 8.96 Å². The number of hydrogen-bond acceptors (Lipinski definition) is 1. The molecule has 0 spiro atoms. The fourth-order valence-corrected chi connectivity index (χ4v) is 6.23. The minimum Gasteiger partial charge on any atom is -0.372 e. The van der Waals surface area contributed by atoms with E-state index >= 15 is 4.39 Å². The lowest BCUT2D eigenvalue weighted by molar-refractivity contribution is -0.925. The molecule has 3 aromatic carbocycles. The summed E-state index contributed by atoms with van der Waals surface area (Å²) < 4.78 is 18.8. The summed E-state index contributed by atoms with van der Waals surface area (Å²) in [6.45, 7) is 18.9. The van der Waals surface area contributed by atoms with Crippen LogP contribution in [0, 0.1) is 5.82 Å². The monoisotopic (exact) mass is 569 g/mol. The lowest BCUT2D eigenvalue weighted by atomic mass is 10.0. The number of anilines is 1. The molecule has 1 heterocycles. The maximum atomic E-state index is 15.6. The largest absolute Gasteiger partial charge is 0.372 e. The molecule has 0 aliphatic heterocycles. The van der Waals surface area contributed by atoms with Crippen molar-refractivity contribution in [3.05, 3.63) is 83.8 Å². The molecule has 0 bridgehead atoms. The molecule has 0 aliphatic rings. The number of nitrogens with zero attached hydrogens (tertiary/aromatic N) is 3. The van der Waals surface area contributed by atoms with Crippen molar-refractivity contribution >= 4 is 39.5 Å². The second-order valence-corrected chi connectivity index (χ2v) is 11.8. The van der Waals surface area contributed by atoms with Gasteiger partial charge in [0.25, 0.3) is 0 Å². The number of fused-ring (bicyclic) bond motifs is 2. The highest BCUT2D eigenvalue weighted by Gasteiger charge is 2.22. The summed E-state index contributed by atoms with van der Waals surface area (Å²) in [6.07, 6.45) is 11.6. The zero-order chi connectivity index (χ0) is 30.0. The normalized spacial score (nSPS) is 12.1. The van der Waals surface area contributed by atoms with Crippen LogP contribution in [0.5, 0.6) is 0 Å². The first-order valence-corrected chi connectivity index (χ1v) is 16.4. The third-order valence-corrected chi connectivity index (χ3v) is 9.29. The van der Waals surface area contributed by atoms with E-state index in [4.69, 9.17) is 0 Å². The van der Waals surface area contributed by atoms with Crippen LogP contribution < -0.4 is 9.47 Å². The van der Waals surface area contributed by atoms with Gasteiger partial charge in [0.1, 0.15) is 0 Å². The number of benzene rings is 3. The van der Waals surface area contributed by atoms with Gasteiger partial charge in [0.2, 0.25) is 11.7 Å². The third kappa shape index (κ3) is 7.58. The quantitative estimate of drug-likeness (QED) is 0.0963. The van der Waals surface area contributed by atoms with Crippen LogP contribution in [0.1, 0.15) is 77.8 Å². The van der Waals surface area contributed by atoms with Crippen LogP contribution in [-0.2, 0) is 6.54 Å². The van der Waals surface area contributed by atoms with Gasteiger partial charge < -0.3 is 9.38 Å². The molecule has 4 heteroatoms. The van der Waals surface area contributed by atoms with Gasteiger partial charge in [0.15, 0.2) is 12.4 Å². The van der Waals surface area contributed by atoms with Crippen LogP contribution in [0.4, 0.5) is 10.1 Å². The molecule has 0 saturated carbocycles. The van der Waals surface area contributed by atoms with Crippen molar-refractivity contribution in [1.82, 2.24) is 0 Å². The van der Waals surface area contributed by atoms with Crippen LogP contribution in [0.25, 0.3) is 33.8 Å². The summed E-state index contributed by atoms with van der Waals surface area (Å²) in [4.78, 5) is 2.53. The molecule has 0 amide bonds. The average Bonchev–Trinajstić information content (AvgIpc) is 3.03. The minimum absolute atomic E-state index is 0.170. The van der Waals surface area contributed by atoms with Gasteiger partial charge in [-0.1, -0.05) is 69.2 Å². The van der Waals surface area contributed by atoms with Crippen LogP contribution in [0.15, 0.2) is 66.9 Å². The Labute approximate surface area is 253 Å². The first-order valence-electron chi connectivity index (χ1n) is 16.4. The average molecular weight is 570 g/mol. The highest BCUT2D eigenvalue weighted by molar-refractivity contribution is 5.91. The van der Waals surface area contributed by atoms with Crippen molar-refractivity contribution in [2.24, 2.45) is 0 Å². The fraction of sp³-hybridized carbons (Fsp3) is 0.447. The molecule has 0 atom stereocenters. The van der Waals surface area contributed by atoms with Crippen molar-refractivity contribution in [2.75, 3.05) is 44.2 Å². The van der Waals surface area contributed by atoms with Gasteiger partial charge in [0.05, 0.1) is 38.0 Å². The Bertz CT molecular complexity index is 1450.